The van der Waals surface area contributed by atoms with Gasteiger partial charge in [-0.25, -0.2) is 9.78 Å². The van der Waals surface area contributed by atoms with Gasteiger partial charge in [0.1, 0.15) is 18.4 Å². The number of nitrogens with one attached hydrogen (secondary N) is 2. The lowest BCUT2D eigenvalue weighted by Crippen LogP contribution is -2.54. The Bertz CT molecular complexity index is 902. The molecule has 4 amide bonds. The lowest BCUT2D eigenvalue weighted by molar-refractivity contribution is -0.132. The van der Waals surface area contributed by atoms with Gasteiger partial charge in [0.2, 0.25) is 0 Å². The maximum Gasteiger partial charge on any atom is 0.418 e. The van der Waals surface area contributed by atoms with Gasteiger partial charge < -0.3 is 14.6 Å². The molecule has 15 heteroatoms. The predicted molar refractivity (Wildman–Crippen MR) is 92.7 cm³/mol. The van der Waals surface area contributed by atoms with Crippen LogP contribution in [0.3, 0.4) is 0 Å². The van der Waals surface area contributed by atoms with Crippen molar-refractivity contribution in [3.05, 3.63) is 18.2 Å². The van der Waals surface area contributed by atoms with Crippen molar-refractivity contribution in [2.24, 2.45) is 0 Å². The van der Waals surface area contributed by atoms with Crippen LogP contribution in [-0.2, 0) is 37.2 Å². The molecule has 0 unspecified atom stereocenters. The highest BCUT2D eigenvalue weighted by Crippen LogP contribution is 2.30. The predicted octanol–water partition coefficient (Wildman–Crippen LogP) is -2.43. The molecule has 2 bridgehead atoms. The van der Waals surface area contributed by atoms with Crippen LogP contribution < -0.4 is 10.9 Å². The number of urea groups is 1. The van der Waals surface area contributed by atoms with E-state index in [0.29, 0.717) is 10.9 Å². The zero-order chi connectivity index (χ0) is 21.2. The molecule has 29 heavy (non-hydrogen) atoms. The van der Waals surface area contributed by atoms with Crippen molar-refractivity contribution in [1.82, 2.24) is 30.4 Å². The van der Waals surface area contributed by atoms with Gasteiger partial charge in [0.05, 0.1) is 12.6 Å². The van der Waals surface area contributed by atoms with E-state index in [4.69, 9.17) is 9.66 Å². The number of hydrogen-bond donors (Lipinski definition) is 4. The van der Waals surface area contributed by atoms with E-state index in [1.54, 1.807) is 6.20 Å². The molecule has 0 aliphatic carbocycles. The van der Waals surface area contributed by atoms with E-state index in [1.807, 2.05) is 0 Å². The van der Waals surface area contributed by atoms with E-state index in [2.05, 4.69) is 20.1 Å². The number of hydrogen-bond acceptors (Lipinski definition) is 8. The van der Waals surface area contributed by atoms with E-state index in [1.165, 1.54) is 10.8 Å². The van der Waals surface area contributed by atoms with Crippen molar-refractivity contribution in [2.75, 3.05) is 13.2 Å². The SMILES string of the molecule is O=C(Cn1ccnc1CCO)NNC(=O)[C@@H]1CC[C@@H]2CN1C(=O)N2OS(=O)(=O)O. The van der Waals surface area contributed by atoms with Crippen molar-refractivity contribution in [2.45, 2.75) is 37.9 Å². The molecule has 14 nitrogen and oxygen atoms in total. The molecule has 0 aromatic carbocycles. The maximum atomic E-state index is 12.4. The molecule has 2 fully saturated rings. The second-order valence-electron chi connectivity index (χ2n) is 6.49. The summed E-state index contributed by atoms with van der Waals surface area (Å²) in [6.45, 7) is -0.221. The second kappa shape index (κ2) is 8.32. The summed E-state index contributed by atoms with van der Waals surface area (Å²) in [5, 5.41) is 9.50. The fourth-order valence-corrected chi connectivity index (χ4v) is 3.71. The molecule has 1 aromatic heterocycles. The molecular weight excluding hydrogens is 412 g/mol. The number of imidazole rings is 1. The summed E-state index contributed by atoms with van der Waals surface area (Å²) < 4.78 is 36.3. The van der Waals surface area contributed by atoms with Crippen LogP contribution in [0, 0.1) is 0 Å². The Morgan fingerprint density at radius 3 is 2.76 bits per heavy atom. The van der Waals surface area contributed by atoms with Gasteiger partial charge in [0, 0.05) is 25.4 Å². The van der Waals surface area contributed by atoms with Crippen LogP contribution in [0.1, 0.15) is 18.7 Å². The van der Waals surface area contributed by atoms with Gasteiger partial charge in [-0.15, -0.1) is 4.28 Å². The minimum Gasteiger partial charge on any atom is -0.396 e. The molecule has 0 spiro atoms. The maximum absolute atomic E-state index is 12.4. The number of hydrazine groups is 1. The summed E-state index contributed by atoms with van der Waals surface area (Å²) in [5.41, 5.74) is 4.48. The largest absolute Gasteiger partial charge is 0.418 e. The third-order valence-electron chi connectivity index (χ3n) is 4.58. The number of amides is 4. The van der Waals surface area contributed by atoms with Crippen LogP contribution in [0.5, 0.6) is 0 Å². The van der Waals surface area contributed by atoms with Gasteiger partial charge in [0.25, 0.3) is 11.8 Å². The number of carbonyl (C=O) groups excluding carboxylic acids is 3. The first-order valence-corrected chi connectivity index (χ1v) is 10.0. The van der Waals surface area contributed by atoms with Gasteiger partial charge in [-0.05, 0) is 12.8 Å². The first-order chi connectivity index (χ1) is 13.7. The van der Waals surface area contributed by atoms with E-state index in [9.17, 15) is 22.8 Å². The molecular formula is C14H20N6O8S. The fraction of sp³-hybridized carbons (Fsp3) is 0.571. The Morgan fingerprint density at radius 2 is 2.07 bits per heavy atom. The van der Waals surface area contributed by atoms with Gasteiger partial charge in [-0.1, -0.05) is 0 Å². The number of fused-ring (bicyclic) bond motifs is 2. The van der Waals surface area contributed by atoms with Gasteiger partial charge >= 0.3 is 16.4 Å². The van der Waals surface area contributed by atoms with Crippen molar-refractivity contribution < 1.29 is 36.7 Å². The smallest absolute Gasteiger partial charge is 0.396 e. The second-order valence-corrected chi connectivity index (χ2v) is 7.50. The number of aromatic nitrogens is 2. The van der Waals surface area contributed by atoms with Crippen LogP contribution in [-0.4, -0.2) is 80.7 Å². The average molecular weight is 432 g/mol. The third kappa shape index (κ3) is 4.81. The summed E-state index contributed by atoms with van der Waals surface area (Å²) in [4.78, 5) is 41.8. The molecule has 3 heterocycles. The van der Waals surface area contributed by atoms with E-state index in [-0.39, 0.29) is 39.0 Å². The standard InChI is InChI=1S/C14H20N6O8S/c21-6-3-11-15-4-5-18(11)8-12(22)16-17-13(23)10-2-1-9-7-19(10)14(24)20(9)28-29(25,26)27/h4-5,9-10,21H,1-3,6-8H2,(H,16,22)(H,17,23)(H,25,26,27)/t9-,10+/m1/s1. The lowest BCUT2D eigenvalue weighted by atomic mass is 10.0. The third-order valence-corrected chi connectivity index (χ3v) is 4.93. The van der Waals surface area contributed by atoms with Crippen molar-refractivity contribution >= 4 is 28.2 Å². The van der Waals surface area contributed by atoms with Crippen molar-refractivity contribution in [1.29, 1.82) is 0 Å². The summed E-state index contributed by atoms with van der Waals surface area (Å²) in [6.07, 6.45) is 3.79. The highest BCUT2D eigenvalue weighted by Gasteiger charge is 2.49. The van der Waals surface area contributed by atoms with Crippen LogP contribution in [0.4, 0.5) is 4.79 Å². The Hall–Kier alpha value is -2.75. The van der Waals surface area contributed by atoms with Crippen LogP contribution >= 0.6 is 0 Å². The summed E-state index contributed by atoms with van der Waals surface area (Å²) in [5.74, 6) is -0.692. The minimum atomic E-state index is -4.87. The molecule has 2 aliphatic heterocycles. The highest BCUT2D eigenvalue weighted by molar-refractivity contribution is 7.80. The summed E-state index contributed by atoms with van der Waals surface area (Å²) in [7, 11) is -4.87. The monoisotopic (exact) mass is 432 g/mol. The molecule has 2 saturated heterocycles. The van der Waals surface area contributed by atoms with Crippen LogP contribution in [0.15, 0.2) is 12.4 Å². The van der Waals surface area contributed by atoms with E-state index >= 15 is 0 Å². The zero-order valence-corrected chi connectivity index (χ0v) is 15.9. The molecule has 1 aromatic rings. The van der Waals surface area contributed by atoms with E-state index < -0.39 is 40.3 Å². The Balaban J connectivity index is 1.54. The first-order valence-electron chi connectivity index (χ1n) is 8.66. The number of rotatable bonds is 7. The van der Waals surface area contributed by atoms with Crippen LogP contribution in [0.2, 0.25) is 0 Å². The fourth-order valence-electron chi connectivity index (χ4n) is 3.33. The normalized spacial score (nSPS) is 21.4. The Kier molecular flexibility index (Phi) is 6.02. The quantitative estimate of drug-likeness (QED) is 0.269. The number of nitrogens with zero attached hydrogens (tertiary/aromatic N) is 4. The lowest BCUT2D eigenvalue weighted by Gasteiger charge is -2.29. The number of aliphatic hydroxyl groups excluding tert-OH is 1. The number of hydroxylamine groups is 2. The number of aliphatic hydroxyl groups is 1. The van der Waals surface area contributed by atoms with Gasteiger partial charge in [0.15, 0.2) is 0 Å². The number of carbonyl (C=O) groups is 3. The topological polar surface area (TPSA) is 183 Å². The summed E-state index contributed by atoms with van der Waals surface area (Å²) in [6, 6.07) is -2.43. The molecule has 0 radical (unpaired) electrons. The summed E-state index contributed by atoms with van der Waals surface area (Å²) >= 11 is 0. The average Bonchev–Trinajstić information content (AvgIpc) is 3.17. The molecule has 0 saturated carbocycles. The molecule has 4 N–H and O–H groups in total. The van der Waals surface area contributed by atoms with Crippen molar-refractivity contribution in [3.8, 4) is 0 Å². The van der Waals surface area contributed by atoms with Crippen molar-refractivity contribution in [3.63, 3.8) is 0 Å². The molecule has 160 valence electrons. The minimum absolute atomic E-state index is 0.0416. The van der Waals surface area contributed by atoms with Gasteiger partial charge in [-0.2, -0.15) is 13.5 Å². The number of piperidine rings is 1. The van der Waals surface area contributed by atoms with Gasteiger partial charge in [-0.3, -0.25) is 25.0 Å². The molecule has 3 rings (SSSR count). The van der Waals surface area contributed by atoms with Crippen LogP contribution in [0.25, 0.3) is 0 Å². The Morgan fingerprint density at radius 1 is 1.31 bits per heavy atom. The Labute approximate surface area is 165 Å². The molecule has 2 atom stereocenters. The van der Waals surface area contributed by atoms with E-state index in [0.717, 1.165) is 4.90 Å². The zero-order valence-electron chi connectivity index (χ0n) is 15.1. The highest BCUT2D eigenvalue weighted by atomic mass is 32.3. The molecule has 2 aliphatic rings. The first kappa shape index (κ1) is 21.0.